The maximum Gasteiger partial charge on any atom is 0.187 e. The quantitative estimate of drug-likeness (QED) is 0.0807. The second-order valence-electron chi connectivity index (χ2n) is 13.7. The van der Waals surface area contributed by atoms with E-state index >= 15 is 0 Å². The first-order valence-corrected chi connectivity index (χ1v) is 18.6. The van der Waals surface area contributed by atoms with E-state index in [2.05, 4.69) is 10.0 Å². The van der Waals surface area contributed by atoms with E-state index in [4.69, 9.17) is 47.4 Å². The second-order valence-corrected chi connectivity index (χ2v) is 13.7. The van der Waals surface area contributed by atoms with Crippen LogP contribution in [0.3, 0.4) is 0 Å². The van der Waals surface area contributed by atoms with Gasteiger partial charge in [-0.1, -0.05) is 108 Å². The number of hydrogen-bond donors (Lipinski definition) is 1. The Morgan fingerprint density at radius 1 is 0.714 bits per heavy atom. The summed E-state index contributed by atoms with van der Waals surface area (Å²) in [5.74, 6) is 0.699. The van der Waals surface area contributed by atoms with Gasteiger partial charge < -0.3 is 52.5 Å². The Morgan fingerprint density at radius 3 is 1.98 bits per heavy atom. The van der Waals surface area contributed by atoms with Crippen molar-refractivity contribution in [2.45, 2.75) is 87.5 Å². The van der Waals surface area contributed by atoms with Crippen LogP contribution in [0.4, 0.5) is 0 Å². The third-order valence-corrected chi connectivity index (χ3v) is 9.98. The highest BCUT2D eigenvalue weighted by Crippen LogP contribution is 2.38. The van der Waals surface area contributed by atoms with Crippen molar-refractivity contribution < 1.29 is 52.5 Å². The Balaban J connectivity index is 1.19. The van der Waals surface area contributed by atoms with Gasteiger partial charge in [-0.15, -0.1) is 0 Å². The lowest BCUT2D eigenvalue weighted by Gasteiger charge is -2.50. The van der Waals surface area contributed by atoms with Crippen molar-refractivity contribution >= 4 is 0 Å². The number of aliphatic hydroxyl groups is 1. The molecule has 0 saturated carbocycles. The van der Waals surface area contributed by atoms with E-state index in [1.165, 1.54) is 7.11 Å². The summed E-state index contributed by atoms with van der Waals surface area (Å²) in [7, 11) is 3.07. The number of methoxy groups -OCH3 is 2. The molecule has 0 radical (unpaired) electrons. The summed E-state index contributed by atoms with van der Waals surface area (Å²) in [6.07, 6.45) is -9.43. The average Bonchev–Trinajstić information content (AvgIpc) is 3.25. The van der Waals surface area contributed by atoms with Crippen molar-refractivity contribution in [3.05, 3.63) is 148 Å². The van der Waals surface area contributed by atoms with Gasteiger partial charge >= 0.3 is 0 Å². The molecule has 3 aliphatic heterocycles. The van der Waals surface area contributed by atoms with Gasteiger partial charge in [0.05, 0.1) is 40.1 Å². The zero-order valence-corrected chi connectivity index (χ0v) is 31.2. The highest BCUT2D eigenvalue weighted by atomic mass is 16.8. The number of rotatable bonds is 16. The number of aliphatic hydroxyl groups excluding tert-OH is 1. The maximum absolute atomic E-state index is 12.1. The van der Waals surface area contributed by atoms with Crippen molar-refractivity contribution in [2.24, 2.45) is 5.11 Å². The Hall–Kier alpha value is -4.41. The molecule has 0 unspecified atom stereocenters. The molecule has 1 N–H and O–H groups in total. The zero-order valence-electron chi connectivity index (χ0n) is 31.2. The van der Waals surface area contributed by atoms with Crippen LogP contribution in [0.5, 0.6) is 5.75 Å². The minimum absolute atomic E-state index is 0.0529. The van der Waals surface area contributed by atoms with E-state index in [1.54, 1.807) is 7.11 Å². The topological polar surface area (TPSA) is 161 Å². The third-order valence-electron chi connectivity index (χ3n) is 9.98. The van der Waals surface area contributed by atoms with Crippen LogP contribution in [0, 0.1) is 0 Å². The van der Waals surface area contributed by atoms with Crippen molar-refractivity contribution in [3.63, 3.8) is 0 Å². The van der Waals surface area contributed by atoms with Crippen LogP contribution in [-0.2, 0) is 62.5 Å². The van der Waals surface area contributed by atoms with Gasteiger partial charge in [-0.2, -0.15) is 0 Å². The van der Waals surface area contributed by atoms with Crippen LogP contribution in [0.1, 0.15) is 28.5 Å². The van der Waals surface area contributed by atoms with Crippen LogP contribution in [0.15, 0.2) is 120 Å². The molecule has 14 heteroatoms. The van der Waals surface area contributed by atoms with Crippen molar-refractivity contribution in [1.82, 2.24) is 0 Å². The van der Waals surface area contributed by atoms with Gasteiger partial charge in [0, 0.05) is 17.6 Å². The standard InChI is InChI=1S/C42H47N3O11/c1-47-31-20-18-29(19-21-31)24-51-39-35(46)36-33(26-52-40(55-36)30-16-10-5-11-17-30)54-42(39)56-37-32(25-49-22-27-12-6-3-7-13-27)53-41(48-2)34(44-45-43)38(37)50-23-28-14-8-4-9-15-28/h3-21,32-42,46H,22-26H2,1-2H3/t32-,33-,34-,35+,36-,37-,38-,39+,40-,41+,42+/m1/s1. The molecule has 7 rings (SSSR count). The maximum atomic E-state index is 12.1. The number of fused-ring (bicyclic) bond motifs is 1. The minimum atomic E-state index is -1.22. The molecule has 0 spiro atoms. The van der Waals surface area contributed by atoms with E-state index in [0.717, 1.165) is 22.3 Å². The second kappa shape index (κ2) is 19.6. The molecule has 0 aromatic heterocycles. The van der Waals surface area contributed by atoms with E-state index in [0.29, 0.717) is 12.4 Å². The number of benzene rings is 4. The van der Waals surface area contributed by atoms with E-state index < -0.39 is 67.6 Å². The van der Waals surface area contributed by atoms with Gasteiger partial charge in [-0.25, -0.2) is 0 Å². The SMILES string of the molecule is COc1ccc(CO[C@@H]2[C@H](O[C@H]3[C@H](OCc4ccccc4)[C@@H](N=[N+]=[N-])[C@@H](OC)O[C@@H]3COCc3ccccc3)O[C@@H]3CO[C@@H](c4ccccc4)O[C@H]3[C@@H]2O)cc1. The first-order chi connectivity index (χ1) is 27.5. The highest BCUT2D eigenvalue weighted by molar-refractivity contribution is 5.27. The molecular formula is C42H47N3O11. The summed E-state index contributed by atoms with van der Waals surface area (Å²) in [5, 5.41) is 16.2. The molecule has 0 amide bonds. The molecule has 296 valence electrons. The molecule has 3 aliphatic rings. The third kappa shape index (κ3) is 9.75. The number of nitrogens with zero attached hydrogens (tertiary/aromatic N) is 3. The molecule has 4 aromatic carbocycles. The first-order valence-electron chi connectivity index (χ1n) is 18.6. The molecule has 56 heavy (non-hydrogen) atoms. The molecule has 11 atom stereocenters. The summed E-state index contributed by atoms with van der Waals surface area (Å²) >= 11 is 0. The summed E-state index contributed by atoms with van der Waals surface area (Å²) < 4.78 is 62.6. The number of hydrogen-bond acceptors (Lipinski definition) is 12. The number of azide groups is 1. The molecule has 3 fully saturated rings. The van der Waals surface area contributed by atoms with Crippen LogP contribution < -0.4 is 4.74 Å². The highest BCUT2D eigenvalue weighted by Gasteiger charge is 2.54. The summed E-state index contributed by atoms with van der Waals surface area (Å²) in [6.45, 7) is 0.732. The van der Waals surface area contributed by atoms with E-state index in [9.17, 15) is 10.6 Å². The molecule has 3 heterocycles. The lowest BCUT2D eigenvalue weighted by Crippen LogP contribution is -2.66. The number of ether oxygens (including phenoxy) is 10. The van der Waals surface area contributed by atoms with E-state index in [1.807, 2.05) is 115 Å². The zero-order chi connectivity index (χ0) is 38.7. The Morgan fingerprint density at radius 2 is 1.34 bits per heavy atom. The van der Waals surface area contributed by atoms with Crippen LogP contribution in [0.25, 0.3) is 10.4 Å². The first kappa shape index (κ1) is 39.8. The fourth-order valence-corrected chi connectivity index (χ4v) is 7.09. The molecule has 0 aliphatic carbocycles. The van der Waals surface area contributed by atoms with Crippen LogP contribution in [0.2, 0.25) is 0 Å². The Bertz CT molecular complexity index is 1820. The van der Waals surface area contributed by atoms with Gasteiger partial charge in [0.1, 0.15) is 54.5 Å². The predicted molar refractivity (Wildman–Crippen MR) is 201 cm³/mol. The Labute approximate surface area is 325 Å². The van der Waals surface area contributed by atoms with Gasteiger partial charge in [0.25, 0.3) is 0 Å². The summed E-state index contributed by atoms with van der Waals surface area (Å²) in [6, 6.07) is 35.3. The smallest absolute Gasteiger partial charge is 0.187 e. The van der Waals surface area contributed by atoms with Crippen molar-refractivity contribution in [3.8, 4) is 5.75 Å². The molecule has 4 aromatic rings. The molecular weight excluding hydrogens is 722 g/mol. The van der Waals surface area contributed by atoms with Gasteiger partial charge in [0.2, 0.25) is 0 Å². The van der Waals surface area contributed by atoms with Gasteiger partial charge in [-0.05, 0) is 34.4 Å². The normalized spacial score (nSPS) is 30.2. The van der Waals surface area contributed by atoms with Crippen molar-refractivity contribution in [1.29, 1.82) is 0 Å². The van der Waals surface area contributed by atoms with Gasteiger partial charge in [0.15, 0.2) is 18.9 Å². The van der Waals surface area contributed by atoms with Crippen LogP contribution in [-0.4, -0.2) is 93.9 Å². The monoisotopic (exact) mass is 769 g/mol. The van der Waals surface area contributed by atoms with E-state index in [-0.39, 0.29) is 26.4 Å². The fraction of sp³-hybridized carbons (Fsp3) is 0.429. The molecule has 0 bridgehead atoms. The lowest BCUT2D eigenvalue weighted by atomic mass is 9.95. The molecule has 3 saturated heterocycles. The van der Waals surface area contributed by atoms with Crippen molar-refractivity contribution in [2.75, 3.05) is 27.4 Å². The Kier molecular flexibility index (Phi) is 14.0. The predicted octanol–water partition coefficient (Wildman–Crippen LogP) is 6.02. The largest absolute Gasteiger partial charge is 0.497 e. The summed E-state index contributed by atoms with van der Waals surface area (Å²) in [5.41, 5.74) is 13.2. The summed E-state index contributed by atoms with van der Waals surface area (Å²) in [4.78, 5) is 3.12. The molecule has 14 nitrogen and oxygen atoms in total. The fourth-order valence-electron chi connectivity index (χ4n) is 7.09. The lowest BCUT2D eigenvalue weighted by molar-refractivity contribution is -0.386. The minimum Gasteiger partial charge on any atom is -0.497 e. The van der Waals surface area contributed by atoms with Crippen LogP contribution >= 0.6 is 0 Å². The average molecular weight is 770 g/mol. The van der Waals surface area contributed by atoms with Gasteiger partial charge in [-0.3, -0.25) is 0 Å².